The van der Waals surface area contributed by atoms with Gasteiger partial charge in [0.2, 0.25) is 24.5 Å². The van der Waals surface area contributed by atoms with Gasteiger partial charge in [-0.3, -0.25) is 14.4 Å². The van der Waals surface area contributed by atoms with Crippen molar-refractivity contribution >= 4 is 34.8 Å². The summed E-state index contributed by atoms with van der Waals surface area (Å²) in [5.41, 5.74) is 1.79. The minimum Gasteiger partial charge on any atom is -0.454 e. The molecule has 0 spiro atoms. The number of carbonyl (C=O) groups is 3. The van der Waals surface area contributed by atoms with Crippen LogP contribution in [0.15, 0.2) is 42.5 Å². The molecule has 0 saturated carbocycles. The van der Waals surface area contributed by atoms with Crippen LogP contribution in [0.25, 0.3) is 0 Å². The number of hydrogen-bond acceptors (Lipinski definition) is 5. The fourth-order valence-corrected chi connectivity index (χ4v) is 2.84. The number of nitrogens with zero attached hydrogens (tertiary/aromatic N) is 1. The van der Waals surface area contributed by atoms with Gasteiger partial charge in [-0.2, -0.15) is 0 Å². The highest BCUT2D eigenvalue weighted by Crippen LogP contribution is 2.35. The van der Waals surface area contributed by atoms with Crippen molar-refractivity contribution in [2.24, 2.45) is 0 Å². The molecule has 0 fully saturated rings. The fourth-order valence-electron chi connectivity index (χ4n) is 2.84. The van der Waals surface area contributed by atoms with Crippen molar-refractivity contribution < 1.29 is 23.9 Å². The standard InChI is InChI=1S/C20H21N3O5/c1-13(24)21-15-4-3-5-16(10-15)22-20(26)8-9-23(14(2)25)17-6-7-18-19(11-17)28-12-27-18/h3-7,10-11H,8-9,12H2,1-2H3,(H,21,24)(H,22,26). The number of hydrogen-bond donors (Lipinski definition) is 2. The quantitative estimate of drug-likeness (QED) is 0.799. The van der Waals surface area contributed by atoms with Gasteiger partial charge in [-0.25, -0.2) is 0 Å². The highest BCUT2D eigenvalue weighted by atomic mass is 16.7. The predicted molar refractivity (Wildman–Crippen MR) is 105 cm³/mol. The molecule has 3 amide bonds. The maximum Gasteiger partial charge on any atom is 0.231 e. The zero-order chi connectivity index (χ0) is 20.1. The van der Waals surface area contributed by atoms with Gasteiger partial charge in [0.1, 0.15) is 0 Å². The number of anilines is 3. The molecule has 8 heteroatoms. The summed E-state index contributed by atoms with van der Waals surface area (Å²) in [6.45, 7) is 3.22. The number of nitrogens with one attached hydrogen (secondary N) is 2. The van der Waals surface area contributed by atoms with E-state index in [4.69, 9.17) is 9.47 Å². The molecule has 146 valence electrons. The molecule has 1 heterocycles. The van der Waals surface area contributed by atoms with Crippen molar-refractivity contribution in [3.05, 3.63) is 42.5 Å². The summed E-state index contributed by atoms with van der Waals surface area (Å²) < 4.78 is 10.6. The van der Waals surface area contributed by atoms with Gasteiger partial charge in [-0.15, -0.1) is 0 Å². The minimum atomic E-state index is -0.244. The molecule has 0 aromatic heterocycles. The van der Waals surface area contributed by atoms with E-state index < -0.39 is 0 Å². The van der Waals surface area contributed by atoms with Gasteiger partial charge in [0.25, 0.3) is 0 Å². The molecule has 0 aliphatic carbocycles. The van der Waals surface area contributed by atoms with Crippen LogP contribution in [0.5, 0.6) is 11.5 Å². The summed E-state index contributed by atoms with van der Waals surface area (Å²) in [6, 6.07) is 12.1. The van der Waals surface area contributed by atoms with Gasteiger partial charge in [-0.1, -0.05) is 6.07 Å². The van der Waals surface area contributed by atoms with E-state index >= 15 is 0 Å². The minimum absolute atomic E-state index is 0.110. The van der Waals surface area contributed by atoms with E-state index in [1.807, 2.05) is 0 Å². The number of rotatable bonds is 6. The second-order valence-electron chi connectivity index (χ2n) is 6.27. The third kappa shape index (κ3) is 4.79. The van der Waals surface area contributed by atoms with Crippen LogP contribution < -0.4 is 25.0 Å². The van der Waals surface area contributed by atoms with Crippen LogP contribution in [0, 0.1) is 0 Å². The first-order valence-electron chi connectivity index (χ1n) is 8.77. The van der Waals surface area contributed by atoms with E-state index in [-0.39, 0.29) is 37.5 Å². The van der Waals surface area contributed by atoms with Crippen LogP contribution >= 0.6 is 0 Å². The van der Waals surface area contributed by atoms with Crippen molar-refractivity contribution in [2.45, 2.75) is 20.3 Å². The topological polar surface area (TPSA) is 97.0 Å². The lowest BCUT2D eigenvalue weighted by Gasteiger charge is -2.21. The van der Waals surface area contributed by atoms with E-state index in [0.717, 1.165) is 0 Å². The van der Waals surface area contributed by atoms with E-state index in [1.54, 1.807) is 42.5 Å². The highest BCUT2D eigenvalue weighted by molar-refractivity contribution is 5.96. The molecule has 1 aliphatic rings. The molecule has 2 aromatic carbocycles. The summed E-state index contributed by atoms with van der Waals surface area (Å²) in [5.74, 6) is 0.586. The fraction of sp³-hybridized carbons (Fsp3) is 0.250. The molecular formula is C20H21N3O5. The van der Waals surface area contributed by atoms with Crippen LogP contribution in [0.3, 0.4) is 0 Å². The molecule has 28 heavy (non-hydrogen) atoms. The van der Waals surface area contributed by atoms with E-state index in [2.05, 4.69) is 10.6 Å². The summed E-state index contributed by atoms with van der Waals surface area (Å²) in [4.78, 5) is 37.0. The number of ether oxygens (including phenoxy) is 2. The first-order chi connectivity index (χ1) is 13.4. The molecular weight excluding hydrogens is 362 g/mol. The average Bonchev–Trinajstić information content (AvgIpc) is 3.09. The van der Waals surface area contributed by atoms with Crippen LogP contribution in [-0.4, -0.2) is 31.1 Å². The van der Waals surface area contributed by atoms with Crippen molar-refractivity contribution in [1.29, 1.82) is 0 Å². The molecule has 2 aromatic rings. The molecule has 2 N–H and O–H groups in total. The predicted octanol–water partition coefficient (Wildman–Crippen LogP) is 2.76. The van der Waals surface area contributed by atoms with Crippen LogP contribution in [0.4, 0.5) is 17.1 Å². The molecule has 0 atom stereocenters. The van der Waals surface area contributed by atoms with Crippen molar-refractivity contribution in [1.82, 2.24) is 0 Å². The second-order valence-corrected chi connectivity index (χ2v) is 6.27. The SMILES string of the molecule is CC(=O)Nc1cccc(NC(=O)CCN(C(C)=O)c2ccc3c(c2)OCO3)c1. The van der Waals surface area contributed by atoms with E-state index in [0.29, 0.717) is 28.6 Å². The Balaban J connectivity index is 1.62. The third-order valence-corrected chi connectivity index (χ3v) is 4.08. The van der Waals surface area contributed by atoms with Gasteiger partial charge in [-0.05, 0) is 30.3 Å². The molecule has 3 rings (SSSR count). The Kier molecular flexibility index (Phi) is 5.78. The Bertz CT molecular complexity index is 912. The van der Waals surface area contributed by atoms with E-state index in [9.17, 15) is 14.4 Å². The molecule has 0 bridgehead atoms. The van der Waals surface area contributed by atoms with Crippen LogP contribution in [0.1, 0.15) is 20.3 Å². The van der Waals surface area contributed by atoms with E-state index in [1.165, 1.54) is 18.7 Å². The van der Waals surface area contributed by atoms with Gasteiger partial charge in [0.15, 0.2) is 11.5 Å². The summed E-state index contributed by atoms with van der Waals surface area (Å²) in [5, 5.41) is 5.43. The van der Waals surface area contributed by atoms with Crippen molar-refractivity contribution in [3.8, 4) is 11.5 Å². The van der Waals surface area contributed by atoms with Crippen LogP contribution in [-0.2, 0) is 14.4 Å². The van der Waals surface area contributed by atoms with Gasteiger partial charge in [0.05, 0.1) is 0 Å². The Morgan fingerprint density at radius 1 is 0.964 bits per heavy atom. The zero-order valence-electron chi connectivity index (χ0n) is 15.7. The van der Waals surface area contributed by atoms with Gasteiger partial charge in [0, 0.05) is 49.9 Å². The smallest absolute Gasteiger partial charge is 0.231 e. The van der Waals surface area contributed by atoms with Crippen molar-refractivity contribution in [2.75, 3.05) is 28.9 Å². The maximum absolute atomic E-state index is 12.3. The Hall–Kier alpha value is -3.55. The van der Waals surface area contributed by atoms with Crippen molar-refractivity contribution in [3.63, 3.8) is 0 Å². The Morgan fingerprint density at radius 2 is 1.68 bits per heavy atom. The van der Waals surface area contributed by atoms with Gasteiger partial charge < -0.3 is 25.0 Å². The molecule has 8 nitrogen and oxygen atoms in total. The second kappa shape index (κ2) is 8.43. The largest absolute Gasteiger partial charge is 0.454 e. The lowest BCUT2D eigenvalue weighted by Crippen LogP contribution is -2.31. The first kappa shape index (κ1) is 19.2. The summed E-state index contributed by atoms with van der Waals surface area (Å²) >= 11 is 0. The number of carbonyl (C=O) groups excluding carboxylic acids is 3. The average molecular weight is 383 g/mol. The molecule has 0 saturated heterocycles. The zero-order valence-corrected chi connectivity index (χ0v) is 15.7. The Labute approximate surface area is 162 Å². The number of amides is 3. The lowest BCUT2D eigenvalue weighted by atomic mass is 10.2. The maximum atomic E-state index is 12.3. The third-order valence-electron chi connectivity index (χ3n) is 4.08. The lowest BCUT2D eigenvalue weighted by molar-refractivity contribution is -0.117. The summed E-state index contributed by atoms with van der Waals surface area (Å²) in [6.07, 6.45) is 0.110. The highest BCUT2D eigenvalue weighted by Gasteiger charge is 2.19. The Morgan fingerprint density at radius 3 is 2.39 bits per heavy atom. The molecule has 0 unspecified atom stereocenters. The van der Waals surface area contributed by atoms with Gasteiger partial charge >= 0.3 is 0 Å². The number of benzene rings is 2. The molecule has 1 aliphatic heterocycles. The first-order valence-corrected chi connectivity index (χ1v) is 8.77. The monoisotopic (exact) mass is 383 g/mol. The number of fused-ring (bicyclic) bond motifs is 1. The molecule has 0 radical (unpaired) electrons. The van der Waals surface area contributed by atoms with Crippen LogP contribution in [0.2, 0.25) is 0 Å². The summed E-state index contributed by atoms with van der Waals surface area (Å²) in [7, 11) is 0. The normalized spacial score (nSPS) is 11.6.